The summed E-state index contributed by atoms with van der Waals surface area (Å²) in [5.74, 6) is 2.35. The van der Waals surface area contributed by atoms with Crippen molar-refractivity contribution in [3.8, 4) is 0 Å². The molecule has 0 saturated carbocycles. The van der Waals surface area contributed by atoms with Gasteiger partial charge in [0.05, 0.1) is 0 Å². The molecule has 2 aromatic rings. The highest BCUT2D eigenvalue weighted by atomic mass is 35.5. The smallest absolute Gasteiger partial charge is 0.276 e. The number of thioether (sulfide) groups is 1. The largest absolute Gasteiger partial charge is 0.321 e. The van der Waals surface area contributed by atoms with Gasteiger partial charge in [-0.15, -0.1) is 12.4 Å². The molecule has 0 unspecified atom stereocenters. The quantitative estimate of drug-likeness (QED) is 0.709. The molecule has 0 atom stereocenters. The van der Waals surface area contributed by atoms with Crippen molar-refractivity contribution in [2.45, 2.75) is 19.4 Å². The minimum atomic E-state index is -0.148. The molecule has 0 radical (unpaired) electrons. The average molecular weight is 408 g/mol. The van der Waals surface area contributed by atoms with Crippen LogP contribution in [-0.4, -0.2) is 58.7 Å². The zero-order chi connectivity index (χ0) is 17.8. The van der Waals surface area contributed by atoms with Crippen molar-refractivity contribution >= 4 is 35.8 Å². The van der Waals surface area contributed by atoms with E-state index in [1.807, 2.05) is 23.9 Å². The molecule has 1 saturated heterocycles. The number of halogens is 1. The standard InChI is InChI=1S/C19H25N5OS.ClH/c25-19(18-16-13-20-7-5-17(16)22-23-18)21-15-3-1-14(2-4-15)6-8-24-9-11-26-12-10-24;/h1-4,20H,5-13H2,(H,21,25)(H,22,23);1H. The number of fused-ring (bicyclic) bond motifs is 1. The summed E-state index contributed by atoms with van der Waals surface area (Å²) in [5, 5.41) is 13.5. The molecule has 1 aromatic heterocycles. The van der Waals surface area contributed by atoms with Gasteiger partial charge in [-0.25, -0.2) is 0 Å². The highest BCUT2D eigenvalue weighted by Gasteiger charge is 2.21. The van der Waals surface area contributed by atoms with Crippen molar-refractivity contribution < 1.29 is 4.79 Å². The van der Waals surface area contributed by atoms with Crippen molar-refractivity contribution in [3.63, 3.8) is 0 Å². The Morgan fingerprint density at radius 3 is 2.78 bits per heavy atom. The second-order valence-electron chi connectivity index (χ2n) is 6.81. The molecule has 27 heavy (non-hydrogen) atoms. The van der Waals surface area contributed by atoms with Crippen LogP contribution in [0.1, 0.15) is 27.3 Å². The Morgan fingerprint density at radius 2 is 2.00 bits per heavy atom. The van der Waals surface area contributed by atoms with Gasteiger partial charge in [0.25, 0.3) is 5.91 Å². The third kappa shape index (κ3) is 5.04. The fourth-order valence-corrected chi connectivity index (χ4v) is 4.45. The molecule has 1 fully saturated rings. The first-order chi connectivity index (χ1) is 12.8. The van der Waals surface area contributed by atoms with E-state index in [0.29, 0.717) is 12.2 Å². The van der Waals surface area contributed by atoms with Gasteiger partial charge in [-0.3, -0.25) is 9.89 Å². The number of hydrogen-bond donors (Lipinski definition) is 3. The summed E-state index contributed by atoms with van der Waals surface area (Å²) in [6.45, 7) is 5.12. The molecular weight excluding hydrogens is 382 g/mol. The summed E-state index contributed by atoms with van der Waals surface area (Å²) < 4.78 is 0. The lowest BCUT2D eigenvalue weighted by molar-refractivity contribution is 0.102. The predicted molar refractivity (Wildman–Crippen MR) is 113 cm³/mol. The molecule has 2 aliphatic rings. The van der Waals surface area contributed by atoms with Crippen molar-refractivity contribution in [1.29, 1.82) is 0 Å². The fraction of sp³-hybridized carbons (Fsp3) is 0.474. The number of amides is 1. The number of carbonyl (C=O) groups excluding carboxylic acids is 1. The Morgan fingerprint density at radius 1 is 1.22 bits per heavy atom. The summed E-state index contributed by atoms with van der Waals surface area (Å²) >= 11 is 2.04. The number of nitrogens with zero attached hydrogens (tertiary/aromatic N) is 2. The lowest BCUT2D eigenvalue weighted by Crippen LogP contribution is -2.34. The minimum Gasteiger partial charge on any atom is -0.321 e. The molecule has 1 aromatic carbocycles. The first kappa shape index (κ1) is 20.2. The van der Waals surface area contributed by atoms with E-state index in [4.69, 9.17) is 0 Å². The summed E-state index contributed by atoms with van der Waals surface area (Å²) in [6, 6.07) is 8.18. The number of benzene rings is 1. The van der Waals surface area contributed by atoms with E-state index >= 15 is 0 Å². The number of anilines is 1. The first-order valence-electron chi connectivity index (χ1n) is 9.27. The van der Waals surface area contributed by atoms with E-state index in [1.165, 1.54) is 30.2 Å². The van der Waals surface area contributed by atoms with E-state index in [2.05, 4.69) is 37.9 Å². The van der Waals surface area contributed by atoms with E-state index in [0.717, 1.165) is 42.9 Å². The maximum atomic E-state index is 12.5. The van der Waals surface area contributed by atoms with Gasteiger partial charge in [-0.05, 0) is 24.1 Å². The van der Waals surface area contributed by atoms with Gasteiger partial charge in [-0.2, -0.15) is 16.9 Å². The van der Waals surface area contributed by atoms with Gasteiger partial charge in [0.15, 0.2) is 5.69 Å². The third-order valence-corrected chi connectivity index (χ3v) is 6.00. The van der Waals surface area contributed by atoms with Crippen LogP contribution in [0.25, 0.3) is 0 Å². The number of aromatic amines is 1. The van der Waals surface area contributed by atoms with Crippen LogP contribution in [0.15, 0.2) is 24.3 Å². The summed E-state index contributed by atoms with van der Waals surface area (Å²) in [6.07, 6.45) is 1.94. The van der Waals surface area contributed by atoms with Crippen LogP contribution >= 0.6 is 24.2 Å². The Labute approximate surface area is 170 Å². The third-order valence-electron chi connectivity index (χ3n) is 5.05. The van der Waals surface area contributed by atoms with Gasteiger partial charge in [0.2, 0.25) is 0 Å². The first-order valence-corrected chi connectivity index (χ1v) is 10.4. The number of rotatable bonds is 5. The van der Waals surface area contributed by atoms with Crippen LogP contribution in [-0.2, 0) is 19.4 Å². The molecule has 0 aliphatic carbocycles. The van der Waals surface area contributed by atoms with Crippen LogP contribution in [0.5, 0.6) is 0 Å². The maximum Gasteiger partial charge on any atom is 0.276 e. The SMILES string of the molecule is Cl.O=C(Nc1ccc(CCN2CCSCC2)cc1)c1n[nH]c2c1CNCC2. The number of nitrogens with one attached hydrogen (secondary N) is 3. The van der Waals surface area contributed by atoms with E-state index < -0.39 is 0 Å². The summed E-state index contributed by atoms with van der Waals surface area (Å²) in [5.41, 5.74) is 4.68. The average Bonchev–Trinajstić information content (AvgIpc) is 3.12. The molecule has 0 bridgehead atoms. The normalized spacial score (nSPS) is 17.0. The molecule has 146 valence electrons. The summed E-state index contributed by atoms with van der Waals surface area (Å²) in [7, 11) is 0. The molecular formula is C19H26ClN5OS. The number of H-pyrrole nitrogens is 1. The number of aromatic nitrogens is 2. The number of hydrogen-bond acceptors (Lipinski definition) is 5. The second kappa shape index (κ2) is 9.59. The lowest BCUT2D eigenvalue weighted by Gasteiger charge is -2.26. The van der Waals surface area contributed by atoms with E-state index in [-0.39, 0.29) is 18.3 Å². The van der Waals surface area contributed by atoms with Crippen LogP contribution in [0, 0.1) is 0 Å². The molecule has 4 rings (SSSR count). The molecule has 2 aliphatic heterocycles. The molecule has 3 N–H and O–H groups in total. The van der Waals surface area contributed by atoms with Crippen LogP contribution in [0.3, 0.4) is 0 Å². The highest BCUT2D eigenvalue weighted by molar-refractivity contribution is 7.99. The monoisotopic (exact) mass is 407 g/mol. The molecule has 8 heteroatoms. The van der Waals surface area contributed by atoms with Gasteiger partial charge in [0.1, 0.15) is 0 Å². The van der Waals surface area contributed by atoms with Gasteiger partial charge in [-0.1, -0.05) is 12.1 Å². The molecule has 1 amide bonds. The van der Waals surface area contributed by atoms with Gasteiger partial charge in [0, 0.05) is 67.6 Å². The minimum absolute atomic E-state index is 0. The summed E-state index contributed by atoms with van der Waals surface area (Å²) in [4.78, 5) is 15.1. The molecule has 3 heterocycles. The van der Waals surface area contributed by atoms with E-state index in [1.54, 1.807) is 0 Å². The predicted octanol–water partition coefficient (Wildman–Crippen LogP) is 2.32. The van der Waals surface area contributed by atoms with Crippen molar-refractivity contribution in [2.75, 3.05) is 43.0 Å². The zero-order valence-corrected chi connectivity index (χ0v) is 16.9. The van der Waals surface area contributed by atoms with Crippen molar-refractivity contribution in [2.24, 2.45) is 0 Å². The van der Waals surface area contributed by atoms with Crippen molar-refractivity contribution in [1.82, 2.24) is 20.4 Å². The van der Waals surface area contributed by atoms with Gasteiger partial charge < -0.3 is 15.5 Å². The maximum absolute atomic E-state index is 12.5. The Balaban J connectivity index is 0.00000210. The lowest BCUT2D eigenvalue weighted by atomic mass is 10.1. The van der Waals surface area contributed by atoms with Crippen LogP contribution in [0.2, 0.25) is 0 Å². The Hall–Kier alpha value is -1.54. The van der Waals surface area contributed by atoms with Crippen LogP contribution < -0.4 is 10.6 Å². The fourth-order valence-electron chi connectivity index (χ4n) is 3.47. The Bertz CT molecular complexity index is 758. The Kier molecular flexibility index (Phi) is 7.18. The van der Waals surface area contributed by atoms with Crippen molar-refractivity contribution in [3.05, 3.63) is 46.8 Å². The van der Waals surface area contributed by atoms with E-state index in [9.17, 15) is 4.79 Å². The van der Waals surface area contributed by atoms with Crippen LogP contribution in [0.4, 0.5) is 5.69 Å². The zero-order valence-electron chi connectivity index (χ0n) is 15.3. The van der Waals surface area contributed by atoms with Gasteiger partial charge >= 0.3 is 0 Å². The number of carbonyl (C=O) groups is 1. The highest BCUT2D eigenvalue weighted by Crippen LogP contribution is 2.18. The second-order valence-corrected chi connectivity index (χ2v) is 8.04. The molecule has 0 spiro atoms. The topological polar surface area (TPSA) is 73.0 Å². The molecule has 6 nitrogen and oxygen atoms in total.